The van der Waals surface area contributed by atoms with Crippen LogP contribution >= 0.6 is 11.6 Å². The summed E-state index contributed by atoms with van der Waals surface area (Å²) in [5.74, 6) is 1.22. The molecule has 2 amide bonds. The van der Waals surface area contributed by atoms with Gasteiger partial charge in [-0.15, -0.1) is 0 Å². The second-order valence-electron chi connectivity index (χ2n) is 8.53. The number of likely N-dealkylation sites (N-methyl/N-ethyl adjacent to an activating group) is 1. The number of nitrogens with one attached hydrogen (secondary N) is 1. The number of hydrogen-bond donors (Lipinski definition) is 1. The molecule has 8 heteroatoms. The number of carbonyl (C=O) groups is 2. The van der Waals surface area contributed by atoms with E-state index in [0.29, 0.717) is 36.7 Å². The van der Waals surface area contributed by atoms with Gasteiger partial charge in [0.05, 0.1) is 11.0 Å². The number of aromatic nitrogens is 2. The third-order valence-electron chi connectivity index (χ3n) is 5.80. The van der Waals surface area contributed by atoms with Gasteiger partial charge in [0, 0.05) is 31.6 Å². The van der Waals surface area contributed by atoms with E-state index in [4.69, 9.17) is 21.3 Å². The second-order valence-corrected chi connectivity index (χ2v) is 8.97. The van der Waals surface area contributed by atoms with Crippen LogP contribution in [0.2, 0.25) is 5.02 Å². The standard InChI is InChI=1S/C28H29ClN4O3/c1-32(18-21-8-3-2-4-9-21)28(35)19-33-25-11-6-5-10-24(25)31-26(33)12-7-17-30-27(34)20-36-23-15-13-22(29)14-16-23/h2-6,8-11,13-16H,7,12,17-20H2,1H3,(H,30,34). The van der Waals surface area contributed by atoms with Gasteiger partial charge in [-0.25, -0.2) is 4.98 Å². The van der Waals surface area contributed by atoms with Crippen LogP contribution in [-0.2, 0) is 29.1 Å². The van der Waals surface area contributed by atoms with Crippen molar-refractivity contribution in [3.05, 3.63) is 95.3 Å². The third-order valence-corrected chi connectivity index (χ3v) is 6.05. The van der Waals surface area contributed by atoms with E-state index in [9.17, 15) is 9.59 Å². The van der Waals surface area contributed by atoms with Crippen LogP contribution in [0.3, 0.4) is 0 Å². The van der Waals surface area contributed by atoms with E-state index in [1.807, 2.05) is 66.2 Å². The van der Waals surface area contributed by atoms with Crippen molar-refractivity contribution < 1.29 is 14.3 Å². The molecule has 0 aliphatic carbocycles. The summed E-state index contributed by atoms with van der Waals surface area (Å²) >= 11 is 5.86. The number of nitrogens with zero attached hydrogens (tertiary/aromatic N) is 3. The van der Waals surface area contributed by atoms with Gasteiger partial charge in [-0.1, -0.05) is 54.1 Å². The van der Waals surface area contributed by atoms with Gasteiger partial charge in [-0.3, -0.25) is 9.59 Å². The van der Waals surface area contributed by atoms with Crippen molar-refractivity contribution in [2.24, 2.45) is 0 Å². The molecule has 0 aliphatic heterocycles. The Morgan fingerprint density at radius 2 is 1.72 bits per heavy atom. The monoisotopic (exact) mass is 504 g/mol. The van der Waals surface area contributed by atoms with E-state index < -0.39 is 0 Å². The number of benzene rings is 3. The maximum absolute atomic E-state index is 13.0. The highest BCUT2D eigenvalue weighted by molar-refractivity contribution is 6.30. The fraction of sp³-hybridized carbons (Fsp3) is 0.250. The SMILES string of the molecule is CN(Cc1ccccc1)C(=O)Cn1c(CCCNC(=O)COc2ccc(Cl)cc2)nc2ccccc21. The number of rotatable bonds is 11. The molecular weight excluding hydrogens is 476 g/mol. The minimum Gasteiger partial charge on any atom is -0.484 e. The molecule has 36 heavy (non-hydrogen) atoms. The van der Waals surface area contributed by atoms with Gasteiger partial charge in [-0.05, 0) is 48.4 Å². The second kappa shape index (κ2) is 12.2. The zero-order valence-corrected chi connectivity index (χ0v) is 20.9. The summed E-state index contributed by atoms with van der Waals surface area (Å²) in [4.78, 5) is 31.7. The maximum Gasteiger partial charge on any atom is 0.257 e. The van der Waals surface area contributed by atoms with Crippen molar-refractivity contribution >= 4 is 34.4 Å². The first kappa shape index (κ1) is 25.3. The van der Waals surface area contributed by atoms with E-state index in [-0.39, 0.29) is 25.0 Å². The van der Waals surface area contributed by atoms with E-state index in [1.165, 1.54) is 0 Å². The van der Waals surface area contributed by atoms with Crippen LogP contribution in [0.1, 0.15) is 17.8 Å². The van der Waals surface area contributed by atoms with E-state index in [0.717, 1.165) is 22.4 Å². The van der Waals surface area contributed by atoms with Gasteiger partial charge in [0.1, 0.15) is 18.1 Å². The Labute approximate surface area is 215 Å². The smallest absolute Gasteiger partial charge is 0.257 e. The number of fused-ring (bicyclic) bond motifs is 1. The Balaban J connectivity index is 1.32. The van der Waals surface area contributed by atoms with E-state index in [2.05, 4.69) is 5.32 Å². The molecule has 3 aromatic carbocycles. The lowest BCUT2D eigenvalue weighted by molar-refractivity contribution is -0.131. The first-order valence-corrected chi connectivity index (χ1v) is 12.2. The van der Waals surface area contributed by atoms with Gasteiger partial charge in [0.2, 0.25) is 5.91 Å². The van der Waals surface area contributed by atoms with Crippen LogP contribution in [0.4, 0.5) is 0 Å². The molecule has 0 aliphatic rings. The average molecular weight is 505 g/mol. The zero-order valence-electron chi connectivity index (χ0n) is 20.2. The summed E-state index contributed by atoms with van der Waals surface area (Å²) < 4.78 is 7.45. The minimum absolute atomic E-state index is 0.0101. The lowest BCUT2D eigenvalue weighted by Gasteiger charge is -2.19. The zero-order chi connectivity index (χ0) is 25.3. The molecule has 0 spiro atoms. The number of aryl methyl sites for hydroxylation is 1. The molecule has 7 nitrogen and oxygen atoms in total. The summed E-state index contributed by atoms with van der Waals surface area (Å²) in [6.45, 7) is 1.17. The fourth-order valence-corrected chi connectivity index (χ4v) is 4.03. The normalized spacial score (nSPS) is 10.8. The van der Waals surface area contributed by atoms with Gasteiger partial charge in [-0.2, -0.15) is 0 Å². The van der Waals surface area contributed by atoms with Crippen LogP contribution in [0.5, 0.6) is 5.75 Å². The molecule has 0 saturated heterocycles. The molecule has 0 atom stereocenters. The molecule has 0 saturated carbocycles. The van der Waals surface area contributed by atoms with Crippen molar-refractivity contribution in [3.8, 4) is 5.75 Å². The summed E-state index contributed by atoms with van der Waals surface area (Å²) in [6.07, 6.45) is 1.31. The summed E-state index contributed by atoms with van der Waals surface area (Å²) in [5.41, 5.74) is 2.86. The van der Waals surface area contributed by atoms with Crippen molar-refractivity contribution in [3.63, 3.8) is 0 Å². The van der Waals surface area contributed by atoms with Crippen LogP contribution in [0, 0.1) is 0 Å². The Kier molecular flexibility index (Phi) is 8.57. The highest BCUT2D eigenvalue weighted by atomic mass is 35.5. The maximum atomic E-state index is 13.0. The molecule has 0 unspecified atom stereocenters. The quantitative estimate of drug-likeness (QED) is 0.306. The summed E-state index contributed by atoms with van der Waals surface area (Å²) in [6, 6.07) is 24.6. The molecule has 186 valence electrons. The molecule has 1 N–H and O–H groups in total. The average Bonchev–Trinajstić information content (AvgIpc) is 3.24. The lowest BCUT2D eigenvalue weighted by atomic mass is 10.2. The number of para-hydroxylation sites is 2. The van der Waals surface area contributed by atoms with Gasteiger partial charge < -0.3 is 19.5 Å². The van der Waals surface area contributed by atoms with Gasteiger partial charge in [0.15, 0.2) is 6.61 Å². The minimum atomic E-state index is -0.198. The highest BCUT2D eigenvalue weighted by Gasteiger charge is 2.16. The molecule has 4 rings (SSSR count). The van der Waals surface area contributed by atoms with Gasteiger partial charge in [0.25, 0.3) is 5.91 Å². The van der Waals surface area contributed by atoms with Crippen LogP contribution in [0.15, 0.2) is 78.9 Å². The van der Waals surface area contributed by atoms with Crippen molar-refractivity contribution in [1.82, 2.24) is 19.8 Å². The Hall–Kier alpha value is -3.84. The van der Waals surface area contributed by atoms with Crippen molar-refractivity contribution in [1.29, 1.82) is 0 Å². The predicted octanol–water partition coefficient (Wildman–Crippen LogP) is 4.48. The van der Waals surface area contributed by atoms with Crippen LogP contribution in [-0.4, -0.2) is 46.5 Å². The predicted molar refractivity (Wildman–Crippen MR) is 141 cm³/mol. The fourth-order valence-electron chi connectivity index (χ4n) is 3.90. The summed E-state index contributed by atoms with van der Waals surface area (Å²) in [5, 5.41) is 3.49. The van der Waals surface area contributed by atoms with E-state index in [1.54, 1.807) is 29.2 Å². The topological polar surface area (TPSA) is 76.5 Å². The molecule has 0 radical (unpaired) electrons. The number of imidazole rings is 1. The largest absolute Gasteiger partial charge is 0.484 e. The van der Waals surface area contributed by atoms with Crippen LogP contribution in [0.25, 0.3) is 11.0 Å². The van der Waals surface area contributed by atoms with Crippen LogP contribution < -0.4 is 10.1 Å². The lowest BCUT2D eigenvalue weighted by Crippen LogP contribution is -2.31. The number of amides is 2. The number of ether oxygens (including phenoxy) is 1. The molecular formula is C28H29ClN4O3. The summed E-state index contributed by atoms with van der Waals surface area (Å²) in [7, 11) is 1.82. The molecule has 1 heterocycles. The number of hydrogen-bond acceptors (Lipinski definition) is 4. The number of halogens is 1. The molecule has 0 bridgehead atoms. The highest BCUT2D eigenvalue weighted by Crippen LogP contribution is 2.18. The van der Waals surface area contributed by atoms with E-state index >= 15 is 0 Å². The molecule has 0 fully saturated rings. The first-order valence-electron chi connectivity index (χ1n) is 11.9. The van der Waals surface area contributed by atoms with Crippen molar-refractivity contribution in [2.75, 3.05) is 20.2 Å². The van der Waals surface area contributed by atoms with Crippen molar-refractivity contribution in [2.45, 2.75) is 25.9 Å². The first-order chi connectivity index (χ1) is 17.5. The molecule has 4 aromatic rings. The third kappa shape index (κ3) is 6.86. The Bertz CT molecular complexity index is 1310. The Morgan fingerprint density at radius 3 is 2.50 bits per heavy atom. The number of carbonyl (C=O) groups excluding carboxylic acids is 2. The van der Waals surface area contributed by atoms with Gasteiger partial charge >= 0.3 is 0 Å². The Morgan fingerprint density at radius 1 is 1.00 bits per heavy atom. The molecule has 1 aromatic heterocycles.